The summed E-state index contributed by atoms with van der Waals surface area (Å²) in [5, 5.41) is 5.76. The van der Waals surface area contributed by atoms with Gasteiger partial charge in [-0.25, -0.2) is 9.97 Å². The predicted octanol–water partition coefficient (Wildman–Crippen LogP) is 3.91. The van der Waals surface area contributed by atoms with E-state index in [4.69, 9.17) is 4.74 Å². The molecule has 1 aliphatic heterocycles. The molecule has 36 heavy (non-hydrogen) atoms. The molecule has 1 aliphatic carbocycles. The van der Waals surface area contributed by atoms with Crippen LogP contribution in [0, 0.1) is 0 Å². The average molecular weight is 484 g/mol. The second kappa shape index (κ2) is 10.2. The molecule has 2 aromatic carbocycles. The van der Waals surface area contributed by atoms with Gasteiger partial charge in [0.15, 0.2) is 0 Å². The summed E-state index contributed by atoms with van der Waals surface area (Å²) in [5.74, 6) is 0.926. The van der Waals surface area contributed by atoms with Crippen LogP contribution in [0.15, 0.2) is 73.8 Å². The Balaban J connectivity index is 1.14. The Labute approximate surface area is 210 Å². The molecule has 5 rings (SSSR count). The van der Waals surface area contributed by atoms with Gasteiger partial charge < -0.3 is 20.3 Å². The Kier molecular flexibility index (Phi) is 6.66. The van der Waals surface area contributed by atoms with E-state index in [0.29, 0.717) is 30.7 Å². The minimum atomic E-state index is -0.861. The van der Waals surface area contributed by atoms with Crippen LogP contribution < -0.4 is 15.4 Å². The number of benzene rings is 2. The second-order valence-corrected chi connectivity index (χ2v) is 9.26. The average Bonchev–Trinajstić information content (AvgIpc) is 3.49. The summed E-state index contributed by atoms with van der Waals surface area (Å²) in [6.07, 6.45) is 7.85. The summed E-state index contributed by atoms with van der Waals surface area (Å²) in [5.41, 5.74) is 2.50. The van der Waals surface area contributed by atoms with E-state index in [1.807, 2.05) is 42.5 Å². The summed E-state index contributed by atoms with van der Waals surface area (Å²) in [6.45, 7) is 6.72. The maximum Gasteiger partial charge on any atom is 0.255 e. The van der Waals surface area contributed by atoms with Gasteiger partial charge in [-0.05, 0) is 55.5 Å². The molecule has 0 unspecified atom stereocenters. The van der Waals surface area contributed by atoms with Gasteiger partial charge in [0.2, 0.25) is 5.91 Å². The first-order valence-corrected chi connectivity index (χ1v) is 12.2. The molecule has 2 amide bonds. The van der Waals surface area contributed by atoms with E-state index >= 15 is 0 Å². The fraction of sp³-hybridized carbons (Fsp3) is 0.286. The zero-order valence-corrected chi connectivity index (χ0v) is 20.1. The molecular formula is C28H29N5O3. The Morgan fingerprint density at radius 1 is 0.972 bits per heavy atom. The molecule has 1 saturated heterocycles. The van der Waals surface area contributed by atoms with Crippen LogP contribution in [0.25, 0.3) is 5.70 Å². The molecule has 2 aliphatic rings. The van der Waals surface area contributed by atoms with Crippen molar-refractivity contribution in [3.8, 4) is 11.5 Å². The highest BCUT2D eigenvalue weighted by Crippen LogP contribution is 2.36. The molecule has 0 bridgehead atoms. The van der Waals surface area contributed by atoms with Crippen LogP contribution in [0.2, 0.25) is 0 Å². The number of hydrogen-bond acceptors (Lipinski definition) is 6. The summed E-state index contributed by atoms with van der Waals surface area (Å²) in [4.78, 5) is 35.2. The van der Waals surface area contributed by atoms with Crippen molar-refractivity contribution in [3.63, 3.8) is 0 Å². The highest BCUT2D eigenvalue weighted by atomic mass is 16.5. The lowest BCUT2D eigenvalue weighted by Crippen LogP contribution is -2.48. The van der Waals surface area contributed by atoms with Crippen molar-refractivity contribution in [3.05, 3.63) is 90.5 Å². The first-order valence-electron chi connectivity index (χ1n) is 12.2. The van der Waals surface area contributed by atoms with Crippen LogP contribution in [0.3, 0.4) is 0 Å². The normalized spacial score (nSPS) is 15.7. The number of ether oxygens (including phenoxy) is 1. The van der Waals surface area contributed by atoms with Crippen LogP contribution in [-0.2, 0) is 11.3 Å². The molecule has 2 N–H and O–H groups in total. The number of rotatable bonds is 9. The highest BCUT2D eigenvalue weighted by molar-refractivity contribution is 6.00. The van der Waals surface area contributed by atoms with Crippen LogP contribution in [0.1, 0.15) is 47.2 Å². The van der Waals surface area contributed by atoms with Crippen LogP contribution >= 0.6 is 0 Å². The van der Waals surface area contributed by atoms with E-state index < -0.39 is 5.54 Å². The molecule has 0 atom stereocenters. The predicted molar refractivity (Wildman–Crippen MR) is 136 cm³/mol. The fourth-order valence-electron chi connectivity index (χ4n) is 4.31. The lowest BCUT2D eigenvalue weighted by molar-refractivity contribution is -0.124. The molecule has 8 heteroatoms. The van der Waals surface area contributed by atoms with Crippen molar-refractivity contribution in [2.45, 2.75) is 37.8 Å². The van der Waals surface area contributed by atoms with Crippen molar-refractivity contribution in [2.24, 2.45) is 0 Å². The van der Waals surface area contributed by atoms with Crippen molar-refractivity contribution < 1.29 is 14.3 Å². The third kappa shape index (κ3) is 5.38. The lowest BCUT2D eigenvalue weighted by Gasteiger charge is -2.21. The van der Waals surface area contributed by atoms with Gasteiger partial charge in [0.1, 0.15) is 23.4 Å². The van der Waals surface area contributed by atoms with Crippen LogP contribution in [0.5, 0.6) is 11.5 Å². The molecule has 0 radical (unpaired) electrons. The van der Waals surface area contributed by atoms with Gasteiger partial charge in [-0.2, -0.15) is 0 Å². The summed E-state index contributed by atoms with van der Waals surface area (Å²) in [7, 11) is 0. The topological polar surface area (TPSA) is 96.5 Å². The summed E-state index contributed by atoms with van der Waals surface area (Å²) < 4.78 is 6.06. The van der Waals surface area contributed by atoms with Crippen molar-refractivity contribution >= 4 is 17.5 Å². The smallest absolute Gasteiger partial charge is 0.255 e. The maximum absolute atomic E-state index is 12.8. The molecule has 2 heterocycles. The number of nitrogens with one attached hydrogen (secondary N) is 2. The molecule has 0 spiro atoms. The van der Waals surface area contributed by atoms with E-state index in [1.165, 1.54) is 31.6 Å². The number of aromatic nitrogens is 2. The van der Waals surface area contributed by atoms with Gasteiger partial charge in [0.05, 0.1) is 5.56 Å². The fourth-order valence-corrected chi connectivity index (χ4v) is 4.31. The number of carbonyl (C=O) groups excluding carboxylic acids is 2. The van der Waals surface area contributed by atoms with Crippen molar-refractivity contribution in [1.29, 1.82) is 0 Å². The largest absolute Gasteiger partial charge is 0.457 e. The molecule has 1 aromatic heterocycles. The number of amides is 2. The van der Waals surface area contributed by atoms with E-state index in [1.54, 1.807) is 0 Å². The van der Waals surface area contributed by atoms with Gasteiger partial charge >= 0.3 is 0 Å². The Hall–Kier alpha value is -4.20. The first-order chi connectivity index (χ1) is 17.5. The Bertz CT molecular complexity index is 1250. The number of hydrogen-bond donors (Lipinski definition) is 2. The molecular weight excluding hydrogens is 454 g/mol. The Morgan fingerprint density at radius 3 is 2.39 bits per heavy atom. The molecule has 8 nitrogen and oxygen atoms in total. The van der Waals surface area contributed by atoms with Gasteiger partial charge in [-0.15, -0.1) is 0 Å². The quantitative estimate of drug-likeness (QED) is 0.479. The van der Waals surface area contributed by atoms with E-state index in [9.17, 15) is 9.59 Å². The third-order valence-electron chi connectivity index (χ3n) is 6.63. The standard InChI is InChI=1S/C28H29N5O3/c1-20(33-13-2-3-14-33)22-5-4-6-25(15-22)36-24-9-7-21(8-10-24)16-31-27(35)28(11-12-28)32-26(34)23-17-29-19-30-18-23/h4-10,15,17-19H,1-3,11-14,16H2,(H,31,35)(H,32,34). The zero-order valence-electron chi connectivity index (χ0n) is 20.1. The lowest BCUT2D eigenvalue weighted by atomic mass is 10.1. The van der Waals surface area contributed by atoms with Gasteiger partial charge in [0, 0.05) is 43.3 Å². The molecule has 2 fully saturated rings. The highest BCUT2D eigenvalue weighted by Gasteiger charge is 2.51. The minimum Gasteiger partial charge on any atom is -0.457 e. The summed E-state index contributed by atoms with van der Waals surface area (Å²) in [6, 6.07) is 15.6. The number of likely N-dealkylation sites (tertiary alicyclic amines) is 1. The zero-order chi connectivity index (χ0) is 25.0. The summed E-state index contributed by atoms with van der Waals surface area (Å²) >= 11 is 0. The number of nitrogens with zero attached hydrogens (tertiary/aromatic N) is 3. The van der Waals surface area contributed by atoms with Crippen molar-refractivity contribution in [2.75, 3.05) is 13.1 Å². The van der Waals surface area contributed by atoms with Gasteiger partial charge in [-0.1, -0.05) is 30.8 Å². The van der Waals surface area contributed by atoms with Crippen LogP contribution in [-0.4, -0.2) is 45.3 Å². The van der Waals surface area contributed by atoms with Crippen LogP contribution in [0.4, 0.5) is 0 Å². The number of carbonyl (C=O) groups is 2. The van der Waals surface area contributed by atoms with E-state index in [0.717, 1.165) is 35.7 Å². The second-order valence-electron chi connectivity index (χ2n) is 9.26. The van der Waals surface area contributed by atoms with Crippen molar-refractivity contribution in [1.82, 2.24) is 25.5 Å². The molecule has 184 valence electrons. The third-order valence-corrected chi connectivity index (χ3v) is 6.63. The monoisotopic (exact) mass is 483 g/mol. The minimum absolute atomic E-state index is 0.192. The Morgan fingerprint density at radius 2 is 1.69 bits per heavy atom. The molecule has 3 aromatic rings. The van der Waals surface area contributed by atoms with E-state index in [2.05, 4.69) is 38.1 Å². The molecule has 1 saturated carbocycles. The maximum atomic E-state index is 12.8. The van der Waals surface area contributed by atoms with Gasteiger partial charge in [0.25, 0.3) is 5.91 Å². The SMILES string of the molecule is C=C(c1cccc(Oc2ccc(CNC(=O)C3(NC(=O)c4cncnc4)CC3)cc2)c1)N1CCCC1. The van der Waals surface area contributed by atoms with E-state index in [-0.39, 0.29) is 11.8 Å². The first kappa shape index (κ1) is 23.5. The van der Waals surface area contributed by atoms with Gasteiger partial charge in [-0.3, -0.25) is 9.59 Å².